The van der Waals surface area contributed by atoms with E-state index in [0.717, 1.165) is 18.7 Å². The number of nitrogens with zero attached hydrogens (tertiary/aromatic N) is 5. The number of pyridine rings is 1. The largest absolute Gasteiger partial charge is 0.475 e. The highest BCUT2D eigenvalue weighted by Crippen LogP contribution is 2.26. The second kappa shape index (κ2) is 12.6. The summed E-state index contributed by atoms with van der Waals surface area (Å²) in [6.45, 7) is 6.12. The molecule has 2 saturated heterocycles. The molecule has 6 rings (SSSR count). The van der Waals surface area contributed by atoms with Crippen molar-refractivity contribution in [3.05, 3.63) is 42.1 Å². The van der Waals surface area contributed by atoms with Gasteiger partial charge in [-0.05, 0) is 31.2 Å². The number of carbonyl (C=O) groups excluding carboxylic acids is 3. The quantitative estimate of drug-likeness (QED) is 0.533. The van der Waals surface area contributed by atoms with Gasteiger partial charge in [-0.25, -0.2) is 9.97 Å². The van der Waals surface area contributed by atoms with E-state index < -0.39 is 0 Å². The number of H-pyrrole nitrogens is 1. The molecule has 0 saturated carbocycles. The summed E-state index contributed by atoms with van der Waals surface area (Å²) in [5, 5.41) is 3.07. The van der Waals surface area contributed by atoms with Crippen LogP contribution in [-0.4, -0.2) is 112 Å². The molecule has 2 atom stereocenters. The Bertz CT molecular complexity index is 1140. The number of nitrogens with one attached hydrogen (secondary N) is 2. The number of fused-ring (bicyclic) bond motifs is 10. The number of carbonyl (C=O) groups is 3. The van der Waals surface area contributed by atoms with E-state index in [1.807, 2.05) is 9.80 Å². The van der Waals surface area contributed by atoms with Gasteiger partial charge in [0.2, 0.25) is 17.7 Å². The lowest BCUT2D eigenvalue weighted by atomic mass is 9.95. The number of aromatic amines is 1. The minimum Gasteiger partial charge on any atom is -0.475 e. The number of piperidine rings is 1. The third-order valence-electron chi connectivity index (χ3n) is 7.72. The van der Waals surface area contributed by atoms with E-state index in [9.17, 15) is 14.4 Å². The summed E-state index contributed by atoms with van der Waals surface area (Å²) in [6.07, 6.45) is 5.66. The molecule has 4 aliphatic rings. The zero-order chi connectivity index (χ0) is 27.2. The number of aromatic nitrogens is 3. The predicted octanol–water partition coefficient (Wildman–Crippen LogP) is 0.674. The van der Waals surface area contributed by atoms with Gasteiger partial charge in [0.05, 0.1) is 25.8 Å². The van der Waals surface area contributed by atoms with Gasteiger partial charge in [-0.15, -0.1) is 0 Å². The number of hydrogen-bond acceptors (Lipinski definition) is 8. The molecular weight excluding hydrogens is 502 g/mol. The van der Waals surface area contributed by atoms with Gasteiger partial charge in [-0.3, -0.25) is 19.3 Å². The molecule has 12 nitrogen and oxygen atoms in total. The maximum atomic E-state index is 13.7. The van der Waals surface area contributed by atoms with Gasteiger partial charge in [0, 0.05) is 64.1 Å². The van der Waals surface area contributed by atoms with Crippen LogP contribution in [0.1, 0.15) is 42.5 Å². The fraction of sp³-hybridized carbons (Fsp3) is 0.593. The summed E-state index contributed by atoms with van der Waals surface area (Å²) in [7, 11) is 0. The number of hydrogen-bond donors (Lipinski definition) is 2. The third kappa shape index (κ3) is 6.93. The molecule has 0 unspecified atom stereocenters. The van der Waals surface area contributed by atoms with Crippen LogP contribution in [0.3, 0.4) is 0 Å². The van der Waals surface area contributed by atoms with Gasteiger partial charge in [0.15, 0.2) is 0 Å². The molecule has 2 N–H and O–H groups in total. The highest BCUT2D eigenvalue weighted by atomic mass is 16.5. The minimum absolute atomic E-state index is 0.0236. The molecule has 3 amide bonds. The molecule has 6 heterocycles. The van der Waals surface area contributed by atoms with Crippen LogP contribution < -0.4 is 10.1 Å². The number of amides is 3. The molecular formula is C27H37N7O5. The second-order valence-corrected chi connectivity index (χ2v) is 10.4. The van der Waals surface area contributed by atoms with Gasteiger partial charge in [0.1, 0.15) is 18.1 Å². The number of rotatable bonds is 2. The molecule has 0 spiro atoms. The van der Waals surface area contributed by atoms with Crippen molar-refractivity contribution in [1.82, 2.24) is 35.0 Å². The summed E-state index contributed by atoms with van der Waals surface area (Å²) >= 11 is 0. The summed E-state index contributed by atoms with van der Waals surface area (Å²) in [4.78, 5) is 56.8. The molecule has 0 radical (unpaired) electrons. The van der Waals surface area contributed by atoms with Gasteiger partial charge in [-0.2, -0.15) is 0 Å². The fourth-order valence-corrected chi connectivity index (χ4v) is 5.62. The Labute approximate surface area is 228 Å². The Morgan fingerprint density at radius 2 is 1.95 bits per heavy atom. The van der Waals surface area contributed by atoms with E-state index in [0.29, 0.717) is 70.7 Å². The zero-order valence-electron chi connectivity index (χ0n) is 22.4. The monoisotopic (exact) mass is 539 g/mol. The van der Waals surface area contributed by atoms with Gasteiger partial charge in [0.25, 0.3) is 5.91 Å². The van der Waals surface area contributed by atoms with E-state index >= 15 is 0 Å². The first kappa shape index (κ1) is 27.1. The second-order valence-electron chi connectivity index (χ2n) is 10.4. The Hall–Kier alpha value is -3.51. The van der Waals surface area contributed by atoms with E-state index in [4.69, 9.17) is 9.47 Å². The van der Waals surface area contributed by atoms with Crippen molar-refractivity contribution in [2.75, 3.05) is 52.5 Å². The molecule has 6 bridgehead atoms. The summed E-state index contributed by atoms with van der Waals surface area (Å²) in [5.41, 5.74) is 0.255. The highest BCUT2D eigenvalue weighted by molar-refractivity contribution is 5.92. The molecule has 12 heteroatoms. The van der Waals surface area contributed by atoms with Gasteiger partial charge < -0.3 is 29.6 Å². The smallest absolute Gasteiger partial charge is 0.270 e. The maximum absolute atomic E-state index is 13.7. The lowest BCUT2D eigenvalue weighted by molar-refractivity contribution is -0.138. The van der Waals surface area contributed by atoms with Crippen molar-refractivity contribution in [2.45, 2.75) is 44.8 Å². The standard InChI is InChI=1S/C27H37N7O5/c1-19(35)33-11-12-38-13-14-39-25-4-2-3-22(31-25)26(36)30-21-15-23(34(17-21)18-24-28-7-8-29-24)27(37)32-9-5-20(16-33)6-10-32/h2-4,7-8,20-21,23H,5-6,9-18H2,1H3,(H,28,29)(H,30,36)/t21-,23-/m0/s1. The van der Waals surface area contributed by atoms with Crippen molar-refractivity contribution >= 4 is 17.7 Å². The summed E-state index contributed by atoms with van der Waals surface area (Å²) in [5.74, 6) is 1.25. The minimum atomic E-state index is -0.362. The van der Waals surface area contributed by atoms with Crippen LogP contribution in [-0.2, 0) is 20.9 Å². The SMILES string of the molecule is CC(=O)N1CCOCCOc2cccc(n2)C(=O)N[C@H]2C[C@@H](C(=O)N3CCC(CC3)C1)N(Cc1ncc[nH]1)C2. The summed E-state index contributed by atoms with van der Waals surface area (Å²) < 4.78 is 11.4. The molecule has 39 heavy (non-hydrogen) atoms. The molecule has 0 aliphatic carbocycles. The van der Waals surface area contributed by atoms with Crippen molar-refractivity contribution in [3.63, 3.8) is 0 Å². The Kier molecular flexibility index (Phi) is 8.72. The molecule has 2 fully saturated rings. The van der Waals surface area contributed by atoms with Gasteiger partial charge in [-0.1, -0.05) is 6.07 Å². The molecule has 210 valence electrons. The van der Waals surface area contributed by atoms with E-state index in [-0.39, 0.29) is 42.1 Å². The summed E-state index contributed by atoms with van der Waals surface area (Å²) in [6, 6.07) is 4.50. The van der Waals surface area contributed by atoms with Crippen molar-refractivity contribution < 1.29 is 23.9 Å². The van der Waals surface area contributed by atoms with Crippen molar-refractivity contribution in [1.29, 1.82) is 0 Å². The van der Waals surface area contributed by atoms with E-state index in [1.54, 1.807) is 37.5 Å². The van der Waals surface area contributed by atoms with Crippen LogP contribution >= 0.6 is 0 Å². The fourth-order valence-electron chi connectivity index (χ4n) is 5.62. The Balaban J connectivity index is 1.34. The molecule has 2 aromatic heterocycles. The number of imidazole rings is 1. The maximum Gasteiger partial charge on any atom is 0.270 e. The van der Waals surface area contributed by atoms with Crippen LogP contribution in [0.5, 0.6) is 5.88 Å². The van der Waals surface area contributed by atoms with Crippen LogP contribution in [0.4, 0.5) is 0 Å². The van der Waals surface area contributed by atoms with Gasteiger partial charge >= 0.3 is 0 Å². The predicted molar refractivity (Wildman–Crippen MR) is 141 cm³/mol. The Morgan fingerprint density at radius 3 is 2.72 bits per heavy atom. The zero-order valence-corrected chi connectivity index (χ0v) is 22.4. The first-order valence-corrected chi connectivity index (χ1v) is 13.7. The van der Waals surface area contributed by atoms with Crippen LogP contribution in [0, 0.1) is 5.92 Å². The van der Waals surface area contributed by atoms with E-state index in [1.165, 1.54) is 0 Å². The molecule has 2 aromatic rings. The third-order valence-corrected chi connectivity index (χ3v) is 7.72. The average Bonchev–Trinajstić information content (AvgIpc) is 3.59. The van der Waals surface area contributed by atoms with E-state index in [2.05, 4.69) is 25.2 Å². The van der Waals surface area contributed by atoms with Crippen LogP contribution in [0.15, 0.2) is 30.6 Å². The molecule has 4 aliphatic heterocycles. The Morgan fingerprint density at radius 1 is 1.10 bits per heavy atom. The number of ether oxygens (including phenoxy) is 2. The topological polar surface area (TPSA) is 133 Å². The first-order chi connectivity index (χ1) is 19.0. The highest BCUT2D eigenvalue weighted by Gasteiger charge is 2.40. The van der Waals surface area contributed by atoms with Crippen LogP contribution in [0.2, 0.25) is 0 Å². The lowest BCUT2D eigenvalue weighted by Gasteiger charge is -2.37. The van der Waals surface area contributed by atoms with Crippen molar-refractivity contribution in [3.8, 4) is 5.88 Å². The average molecular weight is 540 g/mol. The normalized spacial score (nSPS) is 25.6. The number of likely N-dealkylation sites (tertiary alicyclic amines) is 1. The van der Waals surface area contributed by atoms with Crippen LogP contribution in [0.25, 0.3) is 0 Å². The molecule has 0 aromatic carbocycles. The van der Waals surface area contributed by atoms with Crippen molar-refractivity contribution in [2.24, 2.45) is 5.92 Å². The lowest BCUT2D eigenvalue weighted by Crippen LogP contribution is -2.49. The first-order valence-electron chi connectivity index (χ1n) is 13.7.